The minimum atomic E-state index is -0.306. The van der Waals surface area contributed by atoms with Crippen LogP contribution in [0.2, 0.25) is 0 Å². The molecule has 0 bridgehead atoms. The van der Waals surface area contributed by atoms with Crippen molar-refractivity contribution >= 4 is 28.0 Å². The van der Waals surface area contributed by atoms with Crippen molar-refractivity contribution in [2.75, 3.05) is 7.11 Å². The van der Waals surface area contributed by atoms with Crippen LogP contribution in [0, 0.1) is 11.2 Å². The number of fused-ring (bicyclic) bond motifs is 3. The molecule has 2 heterocycles. The molecule has 4 rings (SSSR count). The van der Waals surface area contributed by atoms with Crippen LogP contribution >= 0.6 is 0 Å². The van der Waals surface area contributed by atoms with Gasteiger partial charge in [-0.1, -0.05) is 12.1 Å². The van der Waals surface area contributed by atoms with E-state index in [1.54, 1.807) is 31.3 Å². The van der Waals surface area contributed by atoms with Crippen LogP contribution in [0.15, 0.2) is 48.4 Å². The van der Waals surface area contributed by atoms with Crippen LogP contribution in [0.5, 0.6) is 5.75 Å². The minimum Gasteiger partial charge on any atom is -0.512 e. The number of aromatic nitrogens is 4. The van der Waals surface area contributed by atoms with Crippen molar-refractivity contribution in [3.05, 3.63) is 71.1 Å². The Balaban J connectivity index is 1.95. The molecular formula is C22H20FN5O2. The van der Waals surface area contributed by atoms with Gasteiger partial charge in [-0.25, -0.2) is 4.39 Å². The zero-order chi connectivity index (χ0) is 21.4. The van der Waals surface area contributed by atoms with Gasteiger partial charge in [0.25, 0.3) is 0 Å². The fourth-order valence-corrected chi connectivity index (χ4v) is 3.62. The first-order valence-electron chi connectivity index (χ1n) is 9.30. The molecule has 30 heavy (non-hydrogen) atoms. The van der Waals surface area contributed by atoms with Crippen molar-refractivity contribution < 1.29 is 14.2 Å². The highest BCUT2D eigenvalue weighted by Crippen LogP contribution is 2.33. The first kappa shape index (κ1) is 19.5. The van der Waals surface area contributed by atoms with Crippen LogP contribution in [0.25, 0.3) is 22.3 Å². The molecule has 0 radical (unpaired) electrons. The molecule has 2 N–H and O–H groups in total. The van der Waals surface area contributed by atoms with Crippen LogP contribution < -0.4 is 4.74 Å². The van der Waals surface area contributed by atoms with Crippen molar-refractivity contribution in [1.29, 1.82) is 5.41 Å². The topological polar surface area (TPSA) is 96.4 Å². The summed E-state index contributed by atoms with van der Waals surface area (Å²) in [6.07, 6.45) is 2.00. The van der Waals surface area contributed by atoms with E-state index in [4.69, 9.17) is 10.1 Å². The number of ether oxygens (including phenoxy) is 1. The minimum absolute atomic E-state index is 0.0253. The molecule has 0 fully saturated rings. The number of aliphatic hydroxyl groups excluding tert-OH is 1. The molecule has 0 unspecified atom stereocenters. The molecule has 0 amide bonds. The number of nitrogens with one attached hydrogen (secondary N) is 1. The maximum Gasteiger partial charge on any atom is 0.179 e. The number of nitrogens with zero attached hydrogens (tertiary/aromatic N) is 4. The summed E-state index contributed by atoms with van der Waals surface area (Å²) in [5, 5.41) is 26.6. The quantitative estimate of drug-likeness (QED) is 0.380. The fourth-order valence-electron chi connectivity index (χ4n) is 3.62. The van der Waals surface area contributed by atoms with Gasteiger partial charge in [0.05, 0.1) is 30.1 Å². The zero-order valence-electron chi connectivity index (χ0n) is 16.8. The van der Waals surface area contributed by atoms with Crippen LogP contribution in [-0.4, -0.2) is 37.5 Å². The predicted molar refractivity (Wildman–Crippen MR) is 113 cm³/mol. The Kier molecular flexibility index (Phi) is 4.91. The lowest BCUT2D eigenvalue weighted by atomic mass is 9.99. The molecule has 8 heteroatoms. The maximum absolute atomic E-state index is 13.6. The molecule has 152 valence electrons. The highest BCUT2D eigenvalue weighted by atomic mass is 19.1. The van der Waals surface area contributed by atoms with E-state index in [-0.39, 0.29) is 17.3 Å². The normalized spacial score (nSPS) is 12.3. The molecule has 4 aromatic rings. The number of benzene rings is 2. The molecule has 0 atom stereocenters. The molecule has 2 aromatic carbocycles. The second-order valence-corrected chi connectivity index (χ2v) is 7.00. The van der Waals surface area contributed by atoms with Gasteiger partial charge >= 0.3 is 0 Å². The maximum atomic E-state index is 13.6. The van der Waals surface area contributed by atoms with E-state index in [0.29, 0.717) is 45.8 Å². The second-order valence-electron chi connectivity index (χ2n) is 7.00. The molecule has 0 aliphatic carbocycles. The second kappa shape index (κ2) is 7.55. The molecule has 0 saturated heterocycles. The van der Waals surface area contributed by atoms with Gasteiger partial charge < -0.3 is 15.3 Å². The zero-order valence-corrected chi connectivity index (χ0v) is 16.8. The summed E-state index contributed by atoms with van der Waals surface area (Å²) in [5.41, 5.74) is 3.84. The van der Waals surface area contributed by atoms with Gasteiger partial charge in [0.2, 0.25) is 0 Å². The SMILES string of the molecule is COc1cc2c(cc1/C(C(C)=N)=C(\C)O)ncc1nnc(Cc3cccc(F)c3)n12. The number of allylic oxidation sites excluding steroid dienone is 2. The Labute approximate surface area is 172 Å². The molecular weight excluding hydrogens is 385 g/mol. The lowest BCUT2D eigenvalue weighted by Crippen LogP contribution is -2.04. The van der Waals surface area contributed by atoms with E-state index in [2.05, 4.69) is 15.2 Å². The van der Waals surface area contributed by atoms with Crippen molar-refractivity contribution in [3.8, 4) is 5.75 Å². The average Bonchev–Trinajstić information content (AvgIpc) is 3.10. The lowest BCUT2D eigenvalue weighted by Gasteiger charge is -2.14. The van der Waals surface area contributed by atoms with Gasteiger partial charge in [0.15, 0.2) is 5.65 Å². The number of aliphatic hydroxyl groups is 1. The number of hydrogen-bond donors (Lipinski definition) is 2. The van der Waals surface area contributed by atoms with Crippen molar-refractivity contribution in [3.63, 3.8) is 0 Å². The number of methoxy groups -OCH3 is 1. The molecule has 7 nitrogen and oxygen atoms in total. The van der Waals surface area contributed by atoms with Crippen LogP contribution in [-0.2, 0) is 6.42 Å². The van der Waals surface area contributed by atoms with Gasteiger partial charge in [-0.15, -0.1) is 10.2 Å². The monoisotopic (exact) mass is 405 g/mol. The van der Waals surface area contributed by atoms with Gasteiger partial charge in [-0.05, 0) is 37.6 Å². The Morgan fingerprint density at radius 3 is 2.67 bits per heavy atom. The average molecular weight is 405 g/mol. The standard InChI is InChI=1S/C22H20FN5O2/c1-12(24)22(13(2)29)16-9-17-18(10-19(16)30-3)28-20(26-27-21(28)11-25-17)8-14-5-4-6-15(23)7-14/h4-7,9-11,24,29H,8H2,1-3H3/b22-13+,24-12?. The Bertz CT molecular complexity index is 1320. The lowest BCUT2D eigenvalue weighted by molar-refractivity contribution is 0.409. The van der Waals surface area contributed by atoms with Gasteiger partial charge in [-0.2, -0.15) is 0 Å². The molecule has 0 aliphatic heterocycles. The first-order chi connectivity index (χ1) is 14.4. The summed E-state index contributed by atoms with van der Waals surface area (Å²) >= 11 is 0. The van der Waals surface area contributed by atoms with E-state index in [0.717, 1.165) is 5.56 Å². The number of rotatable bonds is 5. The third-order valence-electron chi connectivity index (χ3n) is 4.87. The third-order valence-corrected chi connectivity index (χ3v) is 4.87. The molecule has 0 spiro atoms. The van der Waals surface area contributed by atoms with Gasteiger partial charge in [-0.3, -0.25) is 9.38 Å². The van der Waals surface area contributed by atoms with E-state index < -0.39 is 0 Å². The Morgan fingerprint density at radius 2 is 2.00 bits per heavy atom. The summed E-state index contributed by atoms with van der Waals surface area (Å²) in [7, 11) is 1.53. The highest BCUT2D eigenvalue weighted by molar-refractivity contribution is 6.22. The summed E-state index contributed by atoms with van der Waals surface area (Å²) < 4.78 is 21.0. The van der Waals surface area contributed by atoms with Gasteiger partial charge in [0.1, 0.15) is 17.4 Å². The summed E-state index contributed by atoms with van der Waals surface area (Å²) in [6.45, 7) is 3.14. The summed E-state index contributed by atoms with van der Waals surface area (Å²) in [4.78, 5) is 4.47. The predicted octanol–water partition coefficient (Wildman–Crippen LogP) is 4.34. The van der Waals surface area contributed by atoms with Crippen molar-refractivity contribution in [1.82, 2.24) is 19.6 Å². The van der Waals surface area contributed by atoms with E-state index in [1.807, 2.05) is 10.5 Å². The van der Waals surface area contributed by atoms with E-state index in [1.165, 1.54) is 26.2 Å². The number of halogens is 1. The largest absolute Gasteiger partial charge is 0.512 e. The third kappa shape index (κ3) is 3.36. The fraction of sp³-hybridized carbons (Fsp3) is 0.182. The van der Waals surface area contributed by atoms with Crippen molar-refractivity contribution in [2.24, 2.45) is 0 Å². The summed E-state index contributed by atoms with van der Waals surface area (Å²) in [6, 6.07) is 9.92. The van der Waals surface area contributed by atoms with Gasteiger partial charge in [0, 0.05) is 29.3 Å². The van der Waals surface area contributed by atoms with E-state index >= 15 is 0 Å². The molecule has 2 aromatic heterocycles. The highest BCUT2D eigenvalue weighted by Gasteiger charge is 2.18. The number of hydrogen-bond acceptors (Lipinski definition) is 6. The molecule has 0 aliphatic rings. The molecule has 0 saturated carbocycles. The van der Waals surface area contributed by atoms with Crippen molar-refractivity contribution in [2.45, 2.75) is 20.3 Å². The van der Waals surface area contributed by atoms with Crippen LogP contribution in [0.3, 0.4) is 0 Å². The summed E-state index contributed by atoms with van der Waals surface area (Å²) in [5.74, 6) is 0.838. The smallest absolute Gasteiger partial charge is 0.179 e. The van der Waals surface area contributed by atoms with Crippen LogP contribution in [0.4, 0.5) is 4.39 Å². The Hall–Kier alpha value is -3.81. The first-order valence-corrected chi connectivity index (χ1v) is 9.30. The van der Waals surface area contributed by atoms with Crippen LogP contribution in [0.1, 0.15) is 30.8 Å². The van der Waals surface area contributed by atoms with E-state index in [9.17, 15) is 9.50 Å². The Morgan fingerprint density at radius 1 is 1.20 bits per heavy atom.